The number of hydrogen-bond donors (Lipinski definition) is 2. The Morgan fingerprint density at radius 2 is 1.74 bits per heavy atom. The van der Waals surface area contributed by atoms with Crippen molar-refractivity contribution in [3.8, 4) is 11.3 Å². The minimum atomic E-state index is 0.743. The standard InChI is InChI=1S/C20H23ClN2/c1-13-6-8-15(9-7-13)20-16(5-3-4-12-22)17-10-11-18(21)14(2)19(17)23-20/h6-11,23H,3-5,12,22H2,1-2H3. The van der Waals surface area contributed by atoms with Gasteiger partial charge in [-0.15, -0.1) is 0 Å². The molecule has 0 atom stereocenters. The van der Waals surface area contributed by atoms with Gasteiger partial charge in [-0.2, -0.15) is 0 Å². The molecule has 120 valence electrons. The monoisotopic (exact) mass is 326 g/mol. The number of rotatable bonds is 5. The van der Waals surface area contributed by atoms with Crippen LogP contribution in [-0.4, -0.2) is 11.5 Å². The van der Waals surface area contributed by atoms with E-state index in [9.17, 15) is 0 Å². The maximum absolute atomic E-state index is 6.31. The summed E-state index contributed by atoms with van der Waals surface area (Å²) < 4.78 is 0. The fraction of sp³-hybridized carbons (Fsp3) is 0.300. The number of H-pyrrole nitrogens is 1. The highest BCUT2D eigenvalue weighted by Gasteiger charge is 2.15. The van der Waals surface area contributed by atoms with Crippen LogP contribution in [0.2, 0.25) is 5.02 Å². The van der Waals surface area contributed by atoms with Crippen molar-refractivity contribution >= 4 is 22.5 Å². The molecule has 1 heterocycles. The molecule has 0 aliphatic heterocycles. The summed E-state index contributed by atoms with van der Waals surface area (Å²) in [4.78, 5) is 3.62. The molecule has 0 aliphatic rings. The van der Waals surface area contributed by atoms with Crippen molar-refractivity contribution in [1.29, 1.82) is 0 Å². The molecular weight excluding hydrogens is 304 g/mol. The molecule has 0 saturated carbocycles. The molecule has 23 heavy (non-hydrogen) atoms. The zero-order chi connectivity index (χ0) is 16.4. The van der Waals surface area contributed by atoms with E-state index in [1.807, 2.05) is 6.07 Å². The lowest BCUT2D eigenvalue weighted by Crippen LogP contribution is -1.99. The lowest BCUT2D eigenvalue weighted by molar-refractivity contribution is 0.748. The first-order valence-corrected chi connectivity index (χ1v) is 8.56. The molecule has 0 bridgehead atoms. The number of nitrogens with one attached hydrogen (secondary N) is 1. The normalized spacial score (nSPS) is 11.3. The highest BCUT2D eigenvalue weighted by atomic mass is 35.5. The van der Waals surface area contributed by atoms with Crippen molar-refractivity contribution in [3.63, 3.8) is 0 Å². The summed E-state index contributed by atoms with van der Waals surface area (Å²) in [5.74, 6) is 0. The van der Waals surface area contributed by atoms with Crippen molar-refractivity contribution in [2.24, 2.45) is 5.73 Å². The van der Waals surface area contributed by atoms with E-state index in [-0.39, 0.29) is 0 Å². The van der Waals surface area contributed by atoms with Crippen LogP contribution in [0.15, 0.2) is 36.4 Å². The molecule has 3 rings (SSSR count). The third-order valence-corrected chi connectivity index (χ3v) is 4.91. The highest BCUT2D eigenvalue weighted by molar-refractivity contribution is 6.32. The number of unbranched alkanes of at least 4 members (excludes halogenated alkanes) is 1. The zero-order valence-electron chi connectivity index (χ0n) is 13.7. The molecule has 3 aromatic rings. The summed E-state index contributed by atoms with van der Waals surface area (Å²) in [7, 11) is 0. The molecule has 1 aromatic heterocycles. The minimum absolute atomic E-state index is 0.743. The van der Waals surface area contributed by atoms with E-state index in [1.165, 1.54) is 27.8 Å². The molecule has 0 spiro atoms. The molecule has 0 saturated heterocycles. The van der Waals surface area contributed by atoms with E-state index >= 15 is 0 Å². The van der Waals surface area contributed by atoms with Gasteiger partial charge in [0.15, 0.2) is 0 Å². The predicted molar refractivity (Wildman–Crippen MR) is 100 cm³/mol. The summed E-state index contributed by atoms with van der Waals surface area (Å²) in [5.41, 5.74) is 13.0. The number of nitrogens with two attached hydrogens (primary N) is 1. The van der Waals surface area contributed by atoms with E-state index in [4.69, 9.17) is 17.3 Å². The number of hydrogen-bond acceptors (Lipinski definition) is 1. The van der Waals surface area contributed by atoms with Crippen LogP contribution in [0.1, 0.15) is 29.5 Å². The van der Waals surface area contributed by atoms with Crippen LogP contribution >= 0.6 is 11.6 Å². The minimum Gasteiger partial charge on any atom is -0.354 e. The summed E-state index contributed by atoms with van der Waals surface area (Å²) in [6.45, 7) is 4.93. The van der Waals surface area contributed by atoms with Gasteiger partial charge in [0.2, 0.25) is 0 Å². The highest BCUT2D eigenvalue weighted by Crippen LogP contribution is 2.35. The second-order valence-electron chi connectivity index (χ2n) is 6.19. The fourth-order valence-corrected chi connectivity index (χ4v) is 3.26. The van der Waals surface area contributed by atoms with Gasteiger partial charge in [-0.3, -0.25) is 0 Å². The largest absolute Gasteiger partial charge is 0.354 e. The number of aryl methyl sites for hydroxylation is 3. The van der Waals surface area contributed by atoms with Gasteiger partial charge in [0.25, 0.3) is 0 Å². The van der Waals surface area contributed by atoms with E-state index < -0.39 is 0 Å². The third-order valence-electron chi connectivity index (χ3n) is 4.50. The van der Waals surface area contributed by atoms with E-state index in [0.29, 0.717) is 0 Å². The predicted octanol–water partition coefficient (Wildman–Crippen LogP) is 5.39. The summed E-state index contributed by atoms with van der Waals surface area (Å²) in [5, 5.41) is 2.09. The Balaban J connectivity index is 2.16. The molecule has 3 N–H and O–H groups in total. The van der Waals surface area contributed by atoms with Gasteiger partial charge in [0.1, 0.15) is 0 Å². The SMILES string of the molecule is Cc1ccc(-c2[nH]c3c(C)c(Cl)ccc3c2CCCCN)cc1. The van der Waals surface area contributed by atoms with Crippen molar-refractivity contribution < 1.29 is 0 Å². The summed E-state index contributed by atoms with van der Waals surface area (Å²) >= 11 is 6.31. The van der Waals surface area contributed by atoms with Crippen LogP contribution in [0, 0.1) is 13.8 Å². The summed E-state index contributed by atoms with van der Waals surface area (Å²) in [6.07, 6.45) is 3.18. The lowest BCUT2D eigenvalue weighted by Gasteiger charge is -2.06. The van der Waals surface area contributed by atoms with Gasteiger partial charge >= 0.3 is 0 Å². The van der Waals surface area contributed by atoms with Crippen LogP contribution in [0.3, 0.4) is 0 Å². The van der Waals surface area contributed by atoms with Gasteiger partial charge in [0.05, 0.1) is 5.52 Å². The van der Waals surface area contributed by atoms with E-state index in [1.54, 1.807) is 0 Å². The van der Waals surface area contributed by atoms with Gasteiger partial charge in [-0.1, -0.05) is 47.5 Å². The van der Waals surface area contributed by atoms with Crippen LogP contribution in [-0.2, 0) is 6.42 Å². The van der Waals surface area contributed by atoms with Crippen molar-refractivity contribution in [2.75, 3.05) is 6.54 Å². The van der Waals surface area contributed by atoms with Crippen molar-refractivity contribution in [1.82, 2.24) is 4.98 Å². The second kappa shape index (κ2) is 6.77. The summed E-state index contributed by atoms with van der Waals surface area (Å²) in [6, 6.07) is 12.8. The van der Waals surface area contributed by atoms with Gasteiger partial charge in [0, 0.05) is 16.1 Å². The Labute approximate surface area is 142 Å². The molecule has 3 heteroatoms. The molecule has 0 aliphatic carbocycles. The Morgan fingerprint density at radius 1 is 1.00 bits per heavy atom. The Morgan fingerprint density at radius 3 is 2.43 bits per heavy atom. The number of aromatic amines is 1. The number of halogens is 1. The van der Waals surface area contributed by atoms with Crippen LogP contribution in [0.25, 0.3) is 22.2 Å². The van der Waals surface area contributed by atoms with E-state index in [0.717, 1.165) is 41.9 Å². The molecular formula is C20H23ClN2. The maximum atomic E-state index is 6.31. The van der Waals surface area contributed by atoms with Crippen molar-refractivity contribution in [3.05, 3.63) is 58.1 Å². The van der Waals surface area contributed by atoms with Crippen LogP contribution < -0.4 is 5.73 Å². The molecule has 2 nitrogen and oxygen atoms in total. The lowest BCUT2D eigenvalue weighted by atomic mass is 9.99. The molecule has 0 amide bonds. The average Bonchev–Trinajstić information content (AvgIpc) is 2.91. The van der Waals surface area contributed by atoms with E-state index in [2.05, 4.69) is 49.2 Å². The fourth-order valence-electron chi connectivity index (χ4n) is 3.11. The number of benzene rings is 2. The first-order valence-electron chi connectivity index (χ1n) is 8.18. The van der Waals surface area contributed by atoms with Gasteiger partial charge < -0.3 is 10.7 Å². The third kappa shape index (κ3) is 3.15. The Hall–Kier alpha value is -1.77. The Bertz CT molecular complexity index is 816. The molecule has 0 unspecified atom stereocenters. The topological polar surface area (TPSA) is 41.8 Å². The first kappa shape index (κ1) is 16.1. The van der Waals surface area contributed by atoms with Crippen LogP contribution in [0.4, 0.5) is 0 Å². The quantitative estimate of drug-likeness (QED) is 0.607. The smallest absolute Gasteiger partial charge is 0.0506 e. The molecule has 2 aromatic carbocycles. The number of fused-ring (bicyclic) bond motifs is 1. The molecule has 0 fully saturated rings. The van der Waals surface area contributed by atoms with Gasteiger partial charge in [-0.05, 0) is 62.4 Å². The molecule has 0 radical (unpaired) electrons. The zero-order valence-corrected chi connectivity index (χ0v) is 14.5. The Kier molecular flexibility index (Phi) is 4.74. The van der Waals surface area contributed by atoms with Gasteiger partial charge in [-0.25, -0.2) is 0 Å². The number of aromatic nitrogens is 1. The maximum Gasteiger partial charge on any atom is 0.0506 e. The first-order chi connectivity index (χ1) is 11.1. The second-order valence-corrected chi connectivity index (χ2v) is 6.59. The average molecular weight is 327 g/mol. The van der Waals surface area contributed by atoms with Crippen molar-refractivity contribution in [2.45, 2.75) is 33.1 Å². The van der Waals surface area contributed by atoms with Crippen LogP contribution in [0.5, 0.6) is 0 Å².